The molecule has 0 atom stereocenters. The predicted molar refractivity (Wildman–Crippen MR) is 72.0 cm³/mol. The van der Waals surface area contributed by atoms with Crippen molar-refractivity contribution in [3.8, 4) is 0 Å². The molecule has 0 unspecified atom stereocenters. The SMILES string of the molecule is O=C(N[C@H]1CC[C@H](O)CC1)c1ccc(B(O)O)cc1. The average Bonchev–Trinajstić information content (AvgIpc) is 2.41. The molecule has 102 valence electrons. The van der Waals surface area contributed by atoms with Gasteiger partial charge in [-0.15, -0.1) is 0 Å². The maximum absolute atomic E-state index is 12.0. The third-order valence-corrected chi connectivity index (χ3v) is 3.50. The number of aliphatic hydroxyl groups is 1. The van der Waals surface area contributed by atoms with Crippen LogP contribution in [0.2, 0.25) is 0 Å². The van der Waals surface area contributed by atoms with Gasteiger partial charge >= 0.3 is 7.12 Å². The molecule has 1 fully saturated rings. The molecule has 0 heterocycles. The molecule has 0 saturated heterocycles. The number of hydrogen-bond donors (Lipinski definition) is 4. The second-order valence-corrected chi connectivity index (χ2v) is 4.97. The monoisotopic (exact) mass is 263 g/mol. The summed E-state index contributed by atoms with van der Waals surface area (Å²) >= 11 is 0. The van der Waals surface area contributed by atoms with Crippen LogP contribution in [-0.4, -0.2) is 40.3 Å². The molecule has 0 spiro atoms. The molecule has 19 heavy (non-hydrogen) atoms. The molecule has 6 heteroatoms. The fourth-order valence-corrected chi connectivity index (χ4v) is 2.30. The summed E-state index contributed by atoms with van der Waals surface area (Å²) in [6, 6.07) is 6.29. The van der Waals surface area contributed by atoms with E-state index < -0.39 is 7.12 Å². The summed E-state index contributed by atoms with van der Waals surface area (Å²) in [7, 11) is -1.52. The Morgan fingerprint density at radius 1 is 1.11 bits per heavy atom. The van der Waals surface area contributed by atoms with Crippen molar-refractivity contribution in [1.82, 2.24) is 5.32 Å². The average molecular weight is 263 g/mol. The van der Waals surface area contributed by atoms with Crippen LogP contribution in [-0.2, 0) is 0 Å². The molecule has 2 rings (SSSR count). The highest BCUT2D eigenvalue weighted by atomic mass is 16.4. The third-order valence-electron chi connectivity index (χ3n) is 3.50. The topological polar surface area (TPSA) is 89.8 Å². The third kappa shape index (κ3) is 3.80. The van der Waals surface area contributed by atoms with Crippen molar-refractivity contribution < 1.29 is 19.9 Å². The van der Waals surface area contributed by atoms with Crippen molar-refractivity contribution in [2.24, 2.45) is 0 Å². The van der Waals surface area contributed by atoms with E-state index in [4.69, 9.17) is 10.0 Å². The molecule has 4 N–H and O–H groups in total. The lowest BCUT2D eigenvalue weighted by atomic mass is 9.80. The summed E-state index contributed by atoms with van der Waals surface area (Å²) in [5.74, 6) is -0.166. The lowest BCUT2D eigenvalue weighted by molar-refractivity contribution is 0.0867. The van der Waals surface area contributed by atoms with Gasteiger partial charge in [-0.05, 0) is 43.3 Å². The van der Waals surface area contributed by atoms with E-state index in [0.717, 1.165) is 25.7 Å². The summed E-state index contributed by atoms with van der Waals surface area (Å²) < 4.78 is 0. The lowest BCUT2D eigenvalue weighted by Gasteiger charge is -2.26. The molecule has 0 aliphatic heterocycles. The molecule has 0 aromatic heterocycles. The number of benzene rings is 1. The van der Waals surface area contributed by atoms with Crippen LogP contribution in [0.5, 0.6) is 0 Å². The highest BCUT2D eigenvalue weighted by Gasteiger charge is 2.21. The number of amides is 1. The number of nitrogens with one attached hydrogen (secondary N) is 1. The quantitative estimate of drug-likeness (QED) is 0.548. The number of carbonyl (C=O) groups is 1. The van der Waals surface area contributed by atoms with Gasteiger partial charge in [-0.1, -0.05) is 12.1 Å². The van der Waals surface area contributed by atoms with Gasteiger partial charge in [0.1, 0.15) is 0 Å². The van der Waals surface area contributed by atoms with Crippen LogP contribution in [0.25, 0.3) is 0 Å². The van der Waals surface area contributed by atoms with Gasteiger partial charge in [0.15, 0.2) is 0 Å². The van der Waals surface area contributed by atoms with E-state index in [2.05, 4.69) is 5.32 Å². The zero-order chi connectivity index (χ0) is 13.8. The molecule has 1 aromatic rings. The Bertz CT molecular complexity index is 427. The minimum absolute atomic E-state index is 0.110. The summed E-state index contributed by atoms with van der Waals surface area (Å²) in [6.07, 6.45) is 2.79. The Kier molecular flexibility index (Phi) is 4.58. The molecule has 0 bridgehead atoms. The Balaban J connectivity index is 1.92. The van der Waals surface area contributed by atoms with Gasteiger partial charge in [0.2, 0.25) is 0 Å². The summed E-state index contributed by atoms with van der Waals surface area (Å²) in [6.45, 7) is 0. The van der Waals surface area contributed by atoms with Crippen molar-refractivity contribution >= 4 is 18.5 Å². The standard InChI is InChI=1S/C13H18BNO4/c16-12-7-5-11(6-8-12)15-13(17)9-1-3-10(4-2-9)14(18)19/h1-4,11-12,16,18-19H,5-8H2,(H,15,17)/t11-,12-. The first-order valence-corrected chi connectivity index (χ1v) is 6.51. The predicted octanol–water partition coefficient (Wildman–Crippen LogP) is -0.600. The normalized spacial score (nSPS) is 22.9. The summed E-state index contributed by atoms with van der Waals surface area (Å²) in [4.78, 5) is 12.0. The number of hydrogen-bond acceptors (Lipinski definition) is 4. The van der Waals surface area contributed by atoms with Gasteiger partial charge in [-0.3, -0.25) is 4.79 Å². The van der Waals surface area contributed by atoms with E-state index in [1.165, 1.54) is 12.1 Å². The maximum Gasteiger partial charge on any atom is 0.488 e. The van der Waals surface area contributed by atoms with E-state index in [9.17, 15) is 9.90 Å². The van der Waals surface area contributed by atoms with Gasteiger partial charge in [0, 0.05) is 11.6 Å². The number of aliphatic hydroxyl groups excluding tert-OH is 1. The highest BCUT2D eigenvalue weighted by molar-refractivity contribution is 6.58. The molecule has 1 aromatic carbocycles. The number of rotatable bonds is 3. The van der Waals surface area contributed by atoms with Crippen LogP contribution in [0.1, 0.15) is 36.0 Å². The van der Waals surface area contributed by atoms with Gasteiger partial charge in [-0.2, -0.15) is 0 Å². The van der Waals surface area contributed by atoms with E-state index >= 15 is 0 Å². The van der Waals surface area contributed by atoms with Crippen LogP contribution in [0.15, 0.2) is 24.3 Å². The van der Waals surface area contributed by atoms with Crippen molar-refractivity contribution in [3.63, 3.8) is 0 Å². The summed E-state index contributed by atoms with van der Waals surface area (Å²) in [5, 5.41) is 30.3. The highest BCUT2D eigenvalue weighted by Crippen LogP contribution is 2.18. The Morgan fingerprint density at radius 3 is 2.21 bits per heavy atom. The van der Waals surface area contributed by atoms with Crippen LogP contribution in [0.4, 0.5) is 0 Å². The molecule has 5 nitrogen and oxygen atoms in total. The summed E-state index contributed by atoms with van der Waals surface area (Å²) in [5.41, 5.74) is 0.855. The molecule has 1 aliphatic carbocycles. The van der Waals surface area contributed by atoms with Gasteiger partial charge < -0.3 is 20.5 Å². The van der Waals surface area contributed by atoms with Crippen LogP contribution >= 0.6 is 0 Å². The maximum atomic E-state index is 12.0. The molecule has 0 radical (unpaired) electrons. The van der Waals surface area contributed by atoms with Crippen molar-refractivity contribution in [3.05, 3.63) is 29.8 Å². The van der Waals surface area contributed by atoms with E-state index in [1.807, 2.05) is 0 Å². The first-order valence-electron chi connectivity index (χ1n) is 6.51. The largest absolute Gasteiger partial charge is 0.488 e. The fraction of sp³-hybridized carbons (Fsp3) is 0.462. The Labute approximate surface area is 112 Å². The van der Waals surface area contributed by atoms with E-state index in [1.54, 1.807) is 12.1 Å². The lowest BCUT2D eigenvalue weighted by Crippen LogP contribution is -2.38. The Hall–Kier alpha value is -1.37. The Morgan fingerprint density at radius 2 is 1.68 bits per heavy atom. The van der Waals surface area contributed by atoms with E-state index in [-0.39, 0.29) is 18.1 Å². The minimum atomic E-state index is -1.52. The molecule has 1 aliphatic rings. The second kappa shape index (κ2) is 6.19. The smallest absolute Gasteiger partial charge is 0.423 e. The minimum Gasteiger partial charge on any atom is -0.423 e. The van der Waals surface area contributed by atoms with Crippen molar-refractivity contribution in [2.75, 3.05) is 0 Å². The molecular weight excluding hydrogens is 245 g/mol. The second-order valence-electron chi connectivity index (χ2n) is 4.97. The molecular formula is C13H18BNO4. The molecule has 1 amide bonds. The van der Waals surface area contributed by atoms with Crippen LogP contribution < -0.4 is 10.8 Å². The van der Waals surface area contributed by atoms with Crippen molar-refractivity contribution in [1.29, 1.82) is 0 Å². The van der Waals surface area contributed by atoms with Gasteiger partial charge in [-0.25, -0.2) is 0 Å². The van der Waals surface area contributed by atoms with Crippen molar-refractivity contribution in [2.45, 2.75) is 37.8 Å². The zero-order valence-corrected chi connectivity index (χ0v) is 10.6. The van der Waals surface area contributed by atoms with Crippen LogP contribution in [0.3, 0.4) is 0 Å². The first kappa shape index (κ1) is 14.1. The fourth-order valence-electron chi connectivity index (χ4n) is 2.30. The van der Waals surface area contributed by atoms with Crippen LogP contribution in [0, 0.1) is 0 Å². The number of carbonyl (C=O) groups excluding carboxylic acids is 1. The van der Waals surface area contributed by atoms with Gasteiger partial charge in [0.05, 0.1) is 6.10 Å². The van der Waals surface area contributed by atoms with E-state index in [0.29, 0.717) is 11.0 Å². The zero-order valence-electron chi connectivity index (χ0n) is 10.6. The van der Waals surface area contributed by atoms with Gasteiger partial charge in [0.25, 0.3) is 5.91 Å². The molecule has 1 saturated carbocycles. The first-order chi connectivity index (χ1) is 9.06.